The van der Waals surface area contributed by atoms with Crippen molar-refractivity contribution >= 4 is 17.7 Å². The molecule has 1 aromatic rings. The van der Waals surface area contributed by atoms with Gasteiger partial charge in [-0.05, 0) is 33.8 Å². The molecule has 0 bridgehead atoms. The second kappa shape index (κ2) is 5.31. The van der Waals surface area contributed by atoms with E-state index < -0.39 is 11.7 Å². The minimum atomic E-state index is -0.511. The normalized spacial score (nSPS) is 11.1. The van der Waals surface area contributed by atoms with Gasteiger partial charge in [0.1, 0.15) is 16.6 Å². The smallest absolute Gasteiger partial charge is 0.407 e. The van der Waals surface area contributed by atoms with E-state index in [4.69, 9.17) is 16.3 Å². The van der Waals surface area contributed by atoms with E-state index in [1.54, 1.807) is 33.8 Å². The number of aryl methyl sites for hydroxylation is 1. The maximum atomic E-state index is 11.4. The third-order valence-corrected chi connectivity index (χ3v) is 1.87. The largest absolute Gasteiger partial charge is 0.444 e. The van der Waals surface area contributed by atoms with Crippen LogP contribution in [-0.4, -0.2) is 21.7 Å². The molecule has 0 saturated heterocycles. The predicted octanol–water partition coefficient (Wildman–Crippen LogP) is 2.46. The first-order valence-electron chi connectivity index (χ1n) is 5.23. The molecule has 1 aromatic heterocycles. The first-order chi connectivity index (χ1) is 7.76. The van der Waals surface area contributed by atoms with E-state index in [1.165, 1.54) is 0 Å². The van der Waals surface area contributed by atoms with Crippen LogP contribution in [0, 0.1) is 6.92 Å². The lowest BCUT2D eigenvalue weighted by atomic mass is 10.2. The van der Waals surface area contributed by atoms with Gasteiger partial charge in [-0.3, -0.25) is 0 Å². The first kappa shape index (κ1) is 13.7. The van der Waals surface area contributed by atoms with Crippen molar-refractivity contribution in [3.8, 4) is 0 Å². The van der Waals surface area contributed by atoms with Gasteiger partial charge >= 0.3 is 6.09 Å². The number of halogens is 1. The van der Waals surface area contributed by atoms with Crippen LogP contribution in [-0.2, 0) is 11.3 Å². The number of nitrogens with one attached hydrogen (secondary N) is 1. The van der Waals surface area contributed by atoms with Crippen LogP contribution in [0.2, 0.25) is 5.15 Å². The van der Waals surface area contributed by atoms with Crippen LogP contribution < -0.4 is 5.32 Å². The summed E-state index contributed by atoms with van der Waals surface area (Å²) in [5.41, 5.74) is 0.136. The third kappa shape index (κ3) is 5.49. The van der Waals surface area contributed by atoms with Crippen LogP contribution in [0.1, 0.15) is 32.3 Å². The number of rotatable bonds is 2. The van der Waals surface area contributed by atoms with Gasteiger partial charge in [-0.1, -0.05) is 11.6 Å². The summed E-state index contributed by atoms with van der Waals surface area (Å²) in [6.45, 7) is 7.41. The number of alkyl carbamates (subject to hydrolysis) is 1. The molecule has 0 aliphatic carbocycles. The Bertz CT molecular complexity index is 395. The fraction of sp³-hybridized carbons (Fsp3) is 0.545. The van der Waals surface area contributed by atoms with E-state index in [9.17, 15) is 4.79 Å². The number of hydrogen-bond donors (Lipinski definition) is 1. The summed E-state index contributed by atoms with van der Waals surface area (Å²) in [5, 5.41) is 2.96. The Kier molecular flexibility index (Phi) is 4.28. The van der Waals surface area contributed by atoms with Crippen molar-refractivity contribution in [2.45, 2.75) is 39.8 Å². The SMILES string of the molecule is Cc1nc(Cl)cc(CNC(=O)OC(C)(C)C)n1. The zero-order valence-corrected chi connectivity index (χ0v) is 11.1. The van der Waals surface area contributed by atoms with E-state index in [0.29, 0.717) is 16.7 Å². The van der Waals surface area contributed by atoms with E-state index in [1.807, 2.05) is 0 Å². The molecule has 94 valence electrons. The summed E-state index contributed by atoms with van der Waals surface area (Å²) in [6.07, 6.45) is -0.482. The molecule has 0 aliphatic heterocycles. The number of ether oxygens (including phenoxy) is 1. The van der Waals surface area contributed by atoms with Gasteiger partial charge in [-0.2, -0.15) is 0 Å². The number of nitrogens with zero attached hydrogens (tertiary/aromatic N) is 2. The predicted molar refractivity (Wildman–Crippen MR) is 64.9 cm³/mol. The Morgan fingerprint density at radius 1 is 1.47 bits per heavy atom. The summed E-state index contributed by atoms with van der Waals surface area (Å²) >= 11 is 5.78. The Hall–Kier alpha value is -1.36. The van der Waals surface area contributed by atoms with Gasteiger partial charge < -0.3 is 10.1 Å². The monoisotopic (exact) mass is 257 g/mol. The lowest BCUT2D eigenvalue weighted by Crippen LogP contribution is -2.32. The van der Waals surface area contributed by atoms with Crippen LogP contribution in [0.15, 0.2) is 6.07 Å². The fourth-order valence-electron chi connectivity index (χ4n) is 1.16. The topological polar surface area (TPSA) is 64.1 Å². The molecule has 5 nitrogen and oxygen atoms in total. The molecule has 0 spiro atoms. The highest BCUT2D eigenvalue weighted by molar-refractivity contribution is 6.29. The van der Waals surface area contributed by atoms with Crippen molar-refractivity contribution in [1.29, 1.82) is 0 Å². The Morgan fingerprint density at radius 3 is 2.65 bits per heavy atom. The van der Waals surface area contributed by atoms with Crippen molar-refractivity contribution in [3.63, 3.8) is 0 Å². The Balaban J connectivity index is 2.53. The van der Waals surface area contributed by atoms with Crippen molar-refractivity contribution < 1.29 is 9.53 Å². The quantitative estimate of drug-likeness (QED) is 0.827. The van der Waals surface area contributed by atoms with Crippen LogP contribution in [0.5, 0.6) is 0 Å². The number of carbonyl (C=O) groups excluding carboxylic acids is 1. The molecule has 0 unspecified atom stereocenters. The second-order valence-corrected chi connectivity index (χ2v) is 4.97. The van der Waals surface area contributed by atoms with Gasteiger partial charge in [-0.15, -0.1) is 0 Å². The molecule has 17 heavy (non-hydrogen) atoms. The molecule has 0 radical (unpaired) electrons. The highest BCUT2D eigenvalue weighted by Crippen LogP contribution is 2.08. The van der Waals surface area contributed by atoms with Gasteiger partial charge in [0.25, 0.3) is 0 Å². The van der Waals surface area contributed by atoms with Crippen LogP contribution in [0.25, 0.3) is 0 Å². The minimum Gasteiger partial charge on any atom is -0.444 e. The van der Waals surface area contributed by atoms with Gasteiger partial charge in [0.05, 0.1) is 12.2 Å². The number of aromatic nitrogens is 2. The molecule has 0 saturated carbocycles. The zero-order valence-electron chi connectivity index (χ0n) is 10.4. The summed E-state index contributed by atoms with van der Waals surface area (Å²) in [6, 6.07) is 1.60. The van der Waals surface area contributed by atoms with Gasteiger partial charge in [0.2, 0.25) is 0 Å². The van der Waals surface area contributed by atoms with Crippen LogP contribution in [0.3, 0.4) is 0 Å². The first-order valence-corrected chi connectivity index (χ1v) is 5.61. The molecule has 0 aliphatic rings. The molecular formula is C11H16ClN3O2. The summed E-state index contributed by atoms with van der Waals surface area (Å²) in [4.78, 5) is 19.5. The third-order valence-electron chi connectivity index (χ3n) is 1.67. The van der Waals surface area contributed by atoms with Crippen molar-refractivity contribution in [2.24, 2.45) is 0 Å². The second-order valence-electron chi connectivity index (χ2n) is 4.58. The van der Waals surface area contributed by atoms with Crippen LogP contribution >= 0.6 is 11.6 Å². The zero-order chi connectivity index (χ0) is 13.1. The Morgan fingerprint density at radius 2 is 2.12 bits per heavy atom. The van der Waals surface area contributed by atoms with E-state index in [-0.39, 0.29) is 6.54 Å². The molecule has 0 atom stereocenters. The average molecular weight is 258 g/mol. The van der Waals surface area contributed by atoms with E-state index >= 15 is 0 Å². The van der Waals surface area contributed by atoms with E-state index in [2.05, 4.69) is 15.3 Å². The molecule has 0 aromatic carbocycles. The lowest BCUT2D eigenvalue weighted by molar-refractivity contribution is 0.0523. The summed E-state index contributed by atoms with van der Waals surface area (Å²) < 4.78 is 5.09. The molecule has 1 heterocycles. The number of amides is 1. The molecular weight excluding hydrogens is 242 g/mol. The summed E-state index contributed by atoms with van der Waals surface area (Å²) in [5.74, 6) is 0.568. The number of carbonyl (C=O) groups is 1. The van der Waals surface area contributed by atoms with Crippen LogP contribution in [0.4, 0.5) is 4.79 Å². The lowest BCUT2D eigenvalue weighted by Gasteiger charge is -2.19. The fourth-order valence-corrected chi connectivity index (χ4v) is 1.41. The van der Waals surface area contributed by atoms with Crippen molar-refractivity contribution in [1.82, 2.24) is 15.3 Å². The summed E-state index contributed by atoms with van der Waals surface area (Å²) in [7, 11) is 0. The molecule has 0 fully saturated rings. The van der Waals surface area contributed by atoms with Gasteiger partial charge in [0.15, 0.2) is 0 Å². The average Bonchev–Trinajstić information content (AvgIpc) is 2.10. The van der Waals surface area contributed by atoms with E-state index in [0.717, 1.165) is 0 Å². The Labute approximate surface area is 106 Å². The maximum absolute atomic E-state index is 11.4. The van der Waals surface area contributed by atoms with Crippen molar-refractivity contribution in [2.75, 3.05) is 0 Å². The molecule has 1 N–H and O–H groups in total. The molecule has 1 rings (SSSR count). The number of hydrogen-bond acceptors (Lipinski definition) is 4. The van der Waals surface area contributed by atoms with Crippen molar-refractivity contribution in [3.05, 3.63) is 22.7 Å². The molecule has 1 amide bonds. The minimum absolute atomic E-state index is 0.262. The highest BCUT2D eigenvalue weighted by atomic mass is 35.5. The highest BCUT2D eigenvalue weighted by Gasteiger charge is 2.15. The standard InChI is InChI=1S/C11H16ClN3O2/c1-7-14-8(5-9(12)15-7)6-13-10(16)17-11(2,3)4/h5H,6H2,1-4H3,(H,13,16). The van der Waals surface area contributed by atoms with Gasteiger partial charge in [-0.25, -0.2) is 14.8 Å². The van der Waals surface area contributed by atoms with Gasteiger partial charge in [0, 0.05) is 0 Å². The molecule has 6 heteroatoms. The maximum Gasteiger partial charge on any atom is 0.407 e.